The number of rotatable bonds is 3. The first-order chi connectivity index (χ1) is 12.3. The van der Waals surface area contributed by atoms with Crippen LogP contribution in [0.1, 0.15) is 28.3 Å². The highest BCUT2D eigenvalue weighted by Gasteiger charge is 2.34. The van der Waals surface area contributed by atoms with Crippen molar-refractivity contribution in [2.24, 2.45) is 5.73 Å². The van der Waals surface area contributed by atoms with Crippen molar-refractivity contribution in [2.75, 3.05) is 0 Å². The lowest BCUT2D eigenvalue weighted by molar-refractivity contribution is 0.378. The second-order valence-corrected chi connectivity index (χ2v) is 5.91. The highest BCUT2D eigenvalue weighted by atomic mass is 16.5. The van der Waals surface area contributed by atoms with E-state index < -0.39 is 0 Å². The first-order valence-electron chi connectivity index (χ1n) is 8.01. The van der Waals surface area contributed by atoms with Gasteiger partial charge in [-0.25, -0.2) is 5.10 Å². The Morgan fingerprint density at radius 2 is 1.76 bits per heavy atom. The third-order valence-electron chi connectivity index (χ3n) is 4.37. The van der Waals surface area contributed by atoms with Crippen LogP contribution >= 0.6 is 0 Å². The number of H-pyrrole nitrogens is 1. The first-order valence-corrected chi connectivity index (χ1v) is 8.01. The van der Waals surface area contributed by atoms with Gasteiger partial charge in [0.2, 0.25) is 11.8 Å². The molecule has 1 atom stereocenters. The van der Waals surface area contributed by atoms with Crippen LogP contribution in [0.15, 0.2) is 72.1 Å². The molecule has 1 aliphatic heterocycles. The summed E-state index contributed by atoms with van der Waals surface area (Å²) in [5.74, 6) is 0.350. The van der Waals surface area contributed by atoms with E-state index in [0.29, 0.717) is 17.9 Å². The van der Waals surface area contributed by atoms with E-state index in [-0.39, 0.29) is 11.8 Å². The van der Waals surface area contributed by atoms with Gasteiger partial charge in [-0.15, -0.1) is 0 Å². The Kier molecular flexibility index (Phi) is 3.71. The average Bonchev–Trinajstić information content (AvgIpc) is 3.04. The molecule has 0 fully saturated rings. The summed E-state index contributed by atoms with van der Waals surface area (Å²) in [6.45, 7) is 0. The number of hydrogen-bond donors (Lipinski definition) is 2. The largest absolute Gasteiger partial charge is 0.422 e. The third kappa shape index (κ3) is 2.64. The zero-order valence-electron chi connectivity index (χ0n) is 13.4. The van der Waals surface area contributed by atoms with Crippen LogP contribution in [-0.4, -0.2) is 10.2 Å². The summed E-state index contributed by atoms with van der Waals surface area (Å²) in [5, 5.41) is 17.0. The maximum Gasteiger partial charge on any atom is 0.221 e. The van der Waals surface area contributed by atoms with Crippen molar-refractivity contribution in [3.05, 3.63) is 94.5 Å². The van der Waals surface area contributed by atoms with Gasteiger partial charge in [0.05, 0.1) is 17.2 Å². The lowest BCUT2D eigenvalue weighted by atomic mass is 9.83. The molecule has 5 nitrogen and oxygen atoms in total. The molecule has 1 aliphatic rings. The quantitative estimate of drug-likeness (QED) is 0.773. The molecule has 0 radical (unpaired) electrons. The van der Waals surface area contributed by atoms with Crippen molar-refractivity contribution in [1.29, 1.82) is 5.26 Å². The number of ether oxygens (including phenoxy) is 1. The summed E-state index contributed by atoms with van der Waals surface area (Å²) < 4.78 is 5.62. The molecule has 0 spiro atoms. The SMILES string of the molecule is N#CC1=C(N)Oc2[nH]nc(Cc3ccccc3)c2C1c1ccccc1. The van der Waals surface area contributed by atoms with Crippen LogP contribution in [0.3, 0.4) is 0 Å². The van der Waals surface area contributed by atoms with Crippen molar-refractivity contribution < 1.29 is 4.74 Å². The van der Waals surface area contributed by atoms with Crippen molar-refractivity contribution in [3.63, 3.8) is 0 Å². The maximum atomic E-state index is 9.64. The number of fused-ring (bicyclic) bond motifs is 1. The lowest BCUT2D eigenvalue weighted by Gasteiger charge is -2.24. The molecule has 1 aromatic heterocycles. The van der Waals surface area contributed by atoms with Gasteiger partial charge < -0.3 is 10.5 Å². The summed E-state index contributed by atoms with van der Waals surface area (Å²) in [4.78, 5) is 0. The Morgan fingerprint density at radius 1 is 1.08 bits per heavy atom. The van der Waals surface area contributed by atoms with E-state index in [1.807, 2.05) is 48.5 Å². The van der Waals surface area contributed by atoms with Gasteiger partial charge in [0, 0.05) is 6.42 Å². The summed E-state index contributed by atoms with van der Waals surface area (Å²) in [6.07, 6.45) is 0.651. The zero-order valence-corrected chi connectivity index (χ0v) is 13.4. The Hall–Kier alpha value is -3.52. The van der Waals surface area contributed by atoms with Crippen molar-refractivity contribution in [1.82, 2.24) is 10.2 Å². The number of nitrogens with one attached hydrogen (secondary N) is 1. The minimum absolute atomic E-state index is 0.124. The second-order valence-electron chi connectivity index (χ2n) is 5.91. The molecule has 2 heterocycles. The summed E-state index contributed by atoms with van der Waals surface area (Å²) in [7, 11) is 0. The maximum absolute atomic E-state index is 9.64. The second kappa shape index (κ2) is 6.17. The number of nitrogens with zero attached hydrogens (tertiary/aromatic N) is 2. The van der Waals surface area contributed by atoms with Gasteiger partial charge in [-0.05, 0) is 11.1 Å². The summed E-state index contributed by atoms with van der Waals surface area (Å²) >= 11 is 0. The van der Waals surface area contributed by atoms with Gasteiger partial charge in [-0.3, -0.25) is 0 Å². The van der Waals surface area contributed by atoms with Crippen LogP contribution in [0.5, 0.6) is 5.88 Å². The number of allylic oxidation sites excluding steroid dienone is 1. The average molecular weight is 328 g/mol. The van der Waals surface area contributed by atoms with Crippen LogP contribution in [0, 0.1) is 11.3 Å². The van der Waals surface area contributed by atoms with Crippen LogP contribution in [0.4, 0.5) is 0 Å². The summed E-state index contributed by atoms with van der Waals surface area (Å²) in [5.41, 5.74) is 10.3. The molecule has 122 valence electrons. The first kappa shape index (κ1) is 15.0. The smallest absolute Gasteiger partial charge is 0.221 e. The molecule has 25 heavy (non-hydrogen) atoms. The van der Waals surface area contributed by atoms with E-state index in [1.54, 1.807) is 0 Å². The van der Waals surface area contributed by atoms with Crippen LogP contribution in [0.2, 0.25) is 0 Å². The molecule has 0 bridgehead atoms. The molecular formula is C20H16N4O. The molecule has 3 N–H and O–H groups in total. The van der Waals surface area contributed by atoms with Gasteiger partial charge >= 0.3 is 0 Å². The van der Waals surface area contributed by atoms with E-state index in [2.05, 4.69) is 28.4 Å². The van der Waals surface area contributed by atoms with Crippen molar-refractivity contribution in [3.8, 4) is 11.9 Å². The minimum atomic E-state index is -0.285. The highest BCUT2D eigenvalue weighted by molar-refractivity contribution is 5.55. The van der Waals surface area contributed by atoms with Crippen LogP contribution in [-0.2, 0) is 6.42 Å². The normalized spacial score (nSPS) is 16.0. The number of aromatic nitrogens is 2. The molecule has 4 rings (SSSR count). The fraction of sp³-hybridized carbons (Fsp3) is 0.100. The van der Waals surface area contributed by atoms with E-state index in [1.165, 1.54) is 0 Å². The van der Waals surface area contributed by atoms with Gasteiger partial charge in [-0.1, -0.05) is 60.7 Å². The summed E-state index contributed by atoms with van der Waals surface area (Å²) in [6, 6.07) is 22.1. The Labute approximate surface area is 145 Å². The fourth-order valence-electron chi connectivity index (χ4n) is 3.22. The molecule has 0 amide bonds. The number of nitrogens with two attached hydrogens (primary N) is 1. The minimum Gasteiger partial charge on any atom is -0.422 e. The monoisotopic (exact) mass is 328 g/mol. The van der Waals surface area contributed by atoms with E-state index in [0.717, 1.165) is 22.4 Å². The molecule has 0 saturated carbocycles. The number of hydrogen-bond acceptors (Lipinski definition) is 4. The van der Waals surface area contributed by atoms with Crippen molar-refractivity contribution in [2.45, 2.75) is 12.3 Å². The van der Waals surface area contributed by atoms with E-state index in [9.17, 15) is 5.26 Å². The van der Waals surface area contributed by atoms with Gasteiger partial charge in [0.25, 0.3) is 0 Å². The Bertz CT molecular complexity index is 968. The standard InChI is InChI=1S/C20H16N4O/c21-12-15-17(14-9-5-2-6-10-14)18-16(11-13-7-3-1-4-8-13)23-24-20(18)25-19(15)22/h1-10,17H,11,22H2,(H,23,24). The molecule has 0 aliphatic carbocycles. The van der Waals surface area contributed by atoms with Gasteiger partial charge in [-0.2, -0.15) is 10.4 Å². The van der Waals surface area contributed by atoms with Crippen LogP contribution in [0.25, 0.3) is 0 Å². The lowest BCUT2D eigenvalue weighted by Crippen LogP contribution is -2.21. The van der Waals surface area contributed by atoms with E-state index >= 15 is 0 Å². The molecule has 0 saturated heterocycles. The van der Waals surface area contributed by atoms with Crippen molar-refractivity contribution >= 4 is 0 Å². The molecular weight excluding hydrogens is 312 g/mol. The topological polar surface area (TPSA) is 87.7 Å². The number of aromatic amines is 1. The zero-order chi connectivity index (χ0) is 17.2. The number of benzene rings is 2. The van der Waals surface area contributed by atoms with Gasteiger partial charge in [0.1, 0.15) is 11.6 Å². The highest BCUT2D eigenvalue weighted by Crippen LogP contribution is 2.43. The van der Waals surface area contributed by atoms with Gasteiger partial charge in [0.15, 0.2) is 0 Å². The van der Waals surface area contributed by atoms with Crippen LogP contribution < -0.4 is 10.5 Å². The fourth-order valence-corrected chi connectivity index (χ4v) is 3.22. The van der Waals surface area contributed by atoms with E-state index in [4.69, 9.17) is 10.5 Å². The molecule has 2 aromatic carbocycles. The molecule has 3 aromatic rings. The predicted molar refractivity (Wildman–Crippen MR) is 93.6 cm³/mol. The Morgan fingerprint density at radius 3 is 2.44 bits per heavy atom. The third-order valence-corrected chi connectivity index (χ3v) is 4.37. The molecule has 5 heteroatoms. The molecule has 1 unspecified atom stereocenters. The predicted octanol–water partition coefficient (Wildman–Crippen LogP) is 3.22. The Balaban J connectivity index is 1.84. The number of nitriles is 1.